The Balaban J connectivity index is 0.00000107. The van der Waals surface area contributed by atoms with Gasteiger partial charge in [-0.1, -0.05) is 109 Å². The third-order valence-corrected chi connectivity index (χ3v) is 5.39. The molecule has 0 amide bonds. The first-order valence-corrected chi connectivity index (χ1v) is 9.40. The number of allylic oxidation sites excluding steroid dienone is 1. The van der Waals surface area contributed by atoms with E-state index in [4.69, 9.17) is 5.32 Å². The summed E-state index contributed by atoms with van der Waals surface area (Å²) >= 11 is 0. The van der Waals surface area contributed by atoms with Crippen LogP contribution in [0.2, 0.25) is 0 Å². The van der Waals surface area contributed by atoms with Gasteiger partial charge in [-0.3, -0.25) is 0 Å². The summed E-state index contributed by atoms with van der Waals surface area (Å²) in [5, 5.41) is 7.46. The molecule has 1 aliphatic rings. The zero-order valence-electron chi connectivity index (χ0n) is 16.3. The van der Waals surface area contributed by atoms with E-state index >= 15 is 0 Å². The molecule has 4 aromatic carbocycles. The molecule has 0 spiro atoms. The number of rotatable bonds is 4. The molecule has 1 nitrogen and oxygen atoms in total. The van der Waals surface area contributed by atoms with Crippen LogP contribution in [0.4, 0.5) is 5.69 Å². The molecule has 0 saturated heterocycles. The minimum absolute atomic E-state index is 0. The fraction of sp³-hybridized carbons (Fsp3) is 0.0769. The van der Waals surface area contributed by atoms with Crippen LogP contribution < -0.4 is 24.8 Å². The average molecular weight is 465 g/mol. The molecule has 0 fully saturated rings. The van der Waals surface area contributed by atoms with Crippen molar-refractivity contribution >= 4 is 22.5 Å². The molecule has 5 rings (SSSR count). The Kier molecular flexibility index (Phi) is 8.76. The van der Waals surface area contributed by atoms with Crippen LogP contribution in [0.3, 0.4) is 0 Å². The summed E-state index contributed by atoms with van der Waals surface area (Å²) in [5.41, 5.74) is 6.41. The quantitative estimate of drug-likeness (QED) is 0.403. The van der Waals surface area contributed by atoms with Crippen LogP contribution in [0.5, 0.6) is 0 Å². The standard InChI is InChI=1S/C26H20N.2ClH.Ti/c1-2-10-21(11-3-1)27-18-26-23-13-7-5-9-20(23)15-17-25(26)24-16-14-19-8-4-6-12-22(19)24;;;/h1-17,24H,18H2;2*1H;/q-1;;;+3/p-2. The predicted molar refractivity (Wildman–Crippen MR) is 114 cm³/mol. The molecule has 0 heterocycles. The van der Waals surface area contributed by atoms with Crippen molar-refractivity contribution in [2.24, 2.45) is 0 Å². The van der Waals surface area contributed by atoms with Gasteiger partial charge < -0.3 is 30.1 Å². The average Bonchev–Trinajstić information content (AvgIpc) is 3.16. The summed E-state index contributed by atoms with van der Waals surface area (Å²) in [7, 11) is 0. The number of hydrogen-bond acceptors (Lipinski definition) is 0. The minimum Gasteiger partial charge on any atom is -1.00 e. The summed E-state index contributed by atoms with van der Waals surface area (Å²) in [4.78, 5) is 0. The Bertz CT molecular complexity index is 1140. The summed E-state index contributed by atoms with van der Waals surface area (Å²) in [6.45, 7) is 0.688. The molecule has 1 aliphatic carbocycles. The van der Waals surface area contributed by atoms with Crippen LogP contribution in [0, 0.1) is 0 Å². The second-order valence-electron chi connectivity index (χ2n) is 6.97. The van der Waals surface area contributed by atoms with Crippen molar-refractivity contribution in [3.63, 3.8) is 0 Å². The number of fused-ring (bicyclic) bond motifs is 2. The van der Waals surface area contributed by atoms with Crippen LogP contribution >= 0.6 is 0 Å². The zero-order chi connectivity index (χ0) is 18.1. The molecule has 0 aliphatic heterocycles. The number of benzene rings is 4. The minimum atomic E-state index is 0. The first-order valence-electron chi connectivity index (χ1n) is 9.40. The van der Waals surface area contributed by atoms with E-state index in [0.717, 1.165) is 5.69 Å². The number of hydrogen-bond donors (Lipinski definition) is 0. The molecule has 147 valence electrons. The van der Waals surface area contributed by atoms with E-state index in [0.29, 0.717) is 12.5 Å². The van der Waals surface area contributed by atoms with Gasteiger partial charge in [0.25, 0.3) is 0 Å². The van der Waals surface area contributed by atoms with Crippen molar-refractivity contribution in [2.45, 2.75) is 12.5 Å². The van der Waals surface area contributed by atoms with Crippen LogP contribution in [0.15, 0.2) is 97.1 Å². The number of halogens is 2. The van der Waals surface area contributed by atoms with Gasteiger partial charge in [0.05, 0.1) is 0 Å². The molecular formula is C26H20Cl2NTi. The van der Waals surface area contributed by atoms with E-state index in [-0.39, 0.29) is 46.5 Å². The first kappa shape index (κ1) is 24.2. The van der Waals surface area contributed by atoms with Gasteiger partial charge in [0, 0.05) is 5.92 Å². The van der Waals surface area contributed by atoms with Crippen molar-refractivity contribution in [2.75, 3.05) is 0 Å². The summed E-state index contributed by atoms with van der Waals surface area (Å²) < 4.78 is 0. The van der Waals surface area contributed by atoms with Crippen LogP contribution in [-0.2, 0) is 28.3 Å². The smallest absolute Gasteiger partial charge is 1.00 e. The zero-order valence-corrected chi connectivity index (χ0v) is 19.4. The largest absolute Gasteiger partial charge is 3.00 e. The fourth-order valence-corrected chi connectivity index (χ4v) is 4.05. The van der Waals surface area contributed by atoms with Gasteiger partial charge in [-0.05, 0) is 27.5 Å². The number of para-hydroxylation sites is 1. The molecule has 30 heavy (non-hydrogen) atoms. The maximum Gasteiger partial charge on any atom is 3.00 e. The molecule has 4 heteroatoms. The maximum absolute atomic E-state index is 4.89. The monoisotopic (exact) mass is 464 g/mol. The van der Waals surface area contributed by atoms with Crippen molar-refractivity contribution in [3.05, 3.63) is 125 Å². The Morgan fingerprint density at radius 1 is 0.667 bits per heavy atom. The van der Waals surface area contributed by atoms with Crippen molar-refractivity contribution in [1.29, 1.82) is 0 Å². The Morgan fingerprint density at radius 2 is 1.37 bits per heavy atom. The fourth-order valence-electron chi connectivity index (χ4n) is 4.05. The molecule has 0 aromatic heterocycles. The predicted octanol–water partition coefficient (Wildman–Crippen LogP) is 1.21. The second kappa shape index (κ2) is 10.8. The van der Waals surface area contributed by atoms with Crippen LogP contribution in [-0.4, -0.2) is 0 Å². The Hall–Kier alpha value is -2.03. The molecule has 1 radical (unpaired) electrons. The molecule has 0 N–H and O–H groups in total. The molecular weight excluding hydrogens is 445 g/mol. The van der Waals surface area contributed by atoms with Gasteiger partial charge >= 0.3 is 21.7 Å². The van der Waals surface area contributed by atoms with Gasteiger partial charge in [-0.25, -0.2) is 0 Å². The van der Waals surface area contributed by atoms with Crippen LogP contribution in [0.1, 0.15) is 28.2 Å². The van der Waals surface area contributed by atoms with E-state index in [1.807, 2.05) is 18.2 Å². The normalized spacial score (nSPS) is 13.5. The molecule has 4 aromatic rings. The Morgan fingerprint density at radius 3 is 2.20 bits per heavy atom. The molecule has 1 atom stereocenters. The van der Waals surface area contributed by atoms with Gasteiger partial charge in [0.2, 0.25) is 0 Å². The first-order chi connectivity index (χ1) is 13.4. The van der Waals surface area contributed by atoms with Crippen LogP contribution in [0.25, 0.3) is 22.2 Å². The third-order valence-electron chi connectivity index (χ3n) is 5.39. The van der Waals surface area contributed by atoms with E-state index in [2.05, 4.69) is 84.9 Å². The molecule has 0 saturated carbocycles. The SMILES string of the molecule is C1=CC(c2ccc3ccccc3c2C[N-]c2ccccc2)c2ccccc21.[Cl-].[Cl-].[Ti+3]. The van der Waals surface area contributed by atoms with Gasteiger partial charge in [-0.2, -0.15) is 0 Å². The van der Waals surface area contributed by atoms with Crippen molar-refractivity contribution in [3.8, 4) is 0 Å². The summed E-state index contributed by atoms with van der Waals surface area (Å²) in [5.74, 6) is 0.298. The second-order valence-corrected chi connectivity index (χ2v) is 6.97. The molecule has 1 unspecified atom stereocenters. The van der Waals surface area contributed by atoms with E-state index < -0.39 is 0 Å². The third kappa shape index (κ3) is 4.66. The van der Waals surface area contributed by atoms with Crippen molar-refractivity contribution < 1.29 is 46.5 Å². The van der Waals surface area contributed by atoms with E-state index in [1.54, 1.807) is 0 Å². The van der Waals surface area contributed by atoms with Crippen molar-refractivity contribution in [1.82, 2.24) is 0 Å². The van der Waals surface area contributed by atoms with Gasteiger partial charge in [0.1, 0.15) is 0 Å². The Labute approximate surface area is 205 Å². The van der Waals surface area contributed by atoms with E-state index in [9.17, 15) is 0 Å². The summed E-state index contributed by atoms with van der Waals surface area (Å²) in [6.07, 6.45) is 4.56. The van der Waals surface area contributed by atoms with E-state index in [1.165, 1.54) is 33.0 Å². The summed E-state index contributed by atoms with van der Waals surface area (Å²) in [6, 6.07) is 32.1. The maximum atomic E-state index is 4.89. The topological polar surface area (TPSA) is 14.1 Å². The molecule has 0 bridgehead atoms. The van der Waals surface area contributed by atoms with Gasteiger partial charge in [0.15, 0.2) is 0 Å². The number of nitrogens with zero attached hydrogens (tertiary/aromatic N) is 1. The van der Waals surface area contributed by atoms with Gasteiger partial charge in [-0.15, -0.1) is 12.2 Å².